The van der Waals surface area contributed by atoms with E-state index >= 15 is 0 Å². The van der Waals surface area contributed by atoms with E-state index in [2.05, 4.69) is 159 Å². The van der Waals surface area contributed by atoms with Crippen LogP contribution in [0.1, 0.15) is 309 Å². The van der Waals surface area contributed by atoms with Crippen LogP contribution in [-0.4, -0.2) is 22.7 Å². The van der Waals surface area contributed by atoms with Crippen molar-refractivity contribution in [3.63, 3.8) is 0 Å². The molecule has 0 saturated heterocycles. The summed E-state index contributed by atoms with van der Waals surface area (Å²) in [5, 5.41) is 0. The first-order valence-corrected chi connectivity index (χ1v) is 34.4. The zero-order valence-electron chi connectivity index (χ0n) is 59.3. The number of alkyl halides is 4. The number of hydrogen-bond acceptors (Lipinski definition) is 0. The Morgan fingerprint density at radius 2 is 0.571 bits per heavy atom. The number of fused-ring (bicyclic) bond motifs is 10. The van der Waals surface area contributed by atoms with Gasteiger partial charge in [0, 0.05) is 19.3 Å². The predicted octanol–water partition coefficient (Wildman–Crippen LogP) is 25.2. The van der Waals surface area contributed by atoms with Crippen LogP contribution in [0.4, 0.5) is 17.6 Å². The Hall–Kier alpha value is -2.36. The molecule has 8 fully saturated rings. The summed E-state index contributed by atoms with van der Waals surface area (Å²) in [7, 11) is 0. The monoisotopic (exact) mass is 1160 g/mol. The lowest BCUT2D eigenvalue weighted by Gasteiger charge is -2.45. The standard InChI is InChI=1S/C13H22.C12H20.C11H18.C10H16.C9H12F2.C9H14.C8H10F2.C8H12/c1-9-10(2)13(6)8-7-12(9,5)11(13,3)4;1-8-9(2)12(5)7-6-10(8)11(12,3)4;1-8-9(2)11(4)6-5-10(8,3)7-11;1-7-8(2)10(4)5-9(7,3)6-10;1-6-7(2)9(11)4-3-8(6,10)5-9;1-6-7(2)9-4-3-8(6)5-9;1-5-6(2)8(10)3-7(5,9)4-8;1-5-6(2)8-3-7(5)4-8/h7-8H2,1-6H3;10H,6-7H2,1-5H3;5-7H2,1-4H3;5-6H2,1-4H3;3-5H2,1-2H3;8-9H,3-5H2,1-2H3;3-4H2,1-2H3;7-8H,3-4H2,1-2H3. The Labute approximate surface area is 514 Å². The van der Waals surface area contributed by atoms with E-state index in [1.807, 2.05) is 0 Å². The molecular formula is C80H124F4. The maximum Gasteiger partial charge on any atom is 0.138 e. The first-order chi connectivity index (χ1) is 38.2. The molecule has 10 atom stereocenters. The highest BCUT2D eigenvalue weighted by molar-refractivity contribution is 5.46. The third-order valence-corrected chi connectivity index (χ3v) is 32.3. The van der Waals surface area contributed by atoms with Crippen LogP contribution in [0.25, 0.3) is 0 Å². The van der Waals surface area contributed by atoms with Gasteiger partial charge < -0.3 is 0 Å². The van der Waals surface area contributed by atoms with Crippen LogP contribution in [0.2, 0.25) is 0 Å². The molecule has 19 aliphatic rings. The van der Waals surface area contributed by atoms with E-state index in [1.54, 1.807) is 94.6 Å². The molecule has 0 nitrogen and oxygen atoms in total. The molecule has 19 rings (SSSR count). The molecule has 84 heavy (non-hydrogen) atoms. The van der Waals surface area contributed by atoms with Crippen molar-refractivity contribution < 1.29 is 17.6 Å². The van der Waals surface area contributed by atoms with Gasteiger partial charge in [0.15, 0.2) is 0 Å². The van der Waals surface area contributed by atoms with E-state index in [-0.39, 0.29) is 19.3 Å². The minimum absolute atomic E-state index is 0.0810. The van der Waals surface area contributed by atoms with E-state index in [0.717, 1.165) is 29.6 Å². The number of rotatable bonds is 0. The van der Waals surface area contributed by atoms with Gasteiger partial charge in [-0.3, -0.25) is 0 Å². The van der Waals surface area contributed by atoms with Gasteiger partial charge in [-0.05, 0) is 314 Å². The van der Waals surface area contributed by atoms with Crippen LogP contribution >= 0.6 is 0 Å². The second-order valence-corrected chi connectivity index (χ2v) is 35.5. The zero-order valence-corrected chi connectivity index (χ0v) is 59.3. The third kappa shape index (κ3) is 9.42. The summed E-state index contributed by atoms with van der Waals surface area (Å²) >= 11 is 0. The Morgan fingerprint density at radius 3 is 0.738 bits per heavy atom. The molecule has 0 heterocycles. The maximum absolute atomic E-state index is 13.7. The van der Waals surface area contributed by atoms with Gasteiger partial charge in [-0.1, -0.05) is 143 Å². The van der Waals surface area contributed by atoms with Crippen molar-refractivity contribution in [2.24, 2.45) is 78.3 Å². The van der Waals surface area contributed by atoms with Crippen molar-refractivity contribution in [2.45, 2.75) is 332 Å². The summed E-state index contributed by atoms with van der Waals surface area (Å²) in [6.45, 7) is 61.6. The van der Waals surface area contributed by atoms with Crippen molar-refractivity contribution in [1.82, 2.24) is 0 Å². The third-order valence-electron chi connectivity index (χ3n) is 32.3. The summed E-state index contributed by atoms with van der Waals surface area (Å²) in [5.41, 5.74) is 22.6. The molecule has 8 saturated carbocycles. The highest BCUT2D eigenvalue weighted by Gasteiger charge is 2.66. The topological polar surface area (TPSA) is 0 Å². The van der Waals surface area contributed by atoms with Crippen LogP contribution in [0, 0.1) is 78.3 Å². The molecule has 19 aliphatic carbocycles. The second kappa shape index (κ2) is 20.6. The number of hydrogen-bond donors (Lipinski definition) is 0. The van der Waals surface area contributed by atoms with Gasteiger partial charge in [0.05, 0.1) is 0 Å². The van der Waals surface area contributed by atoms with E-state index in [0.29, 0.717) is 83.9 Å². The quantitative estimate of drug-likeness (QED) is 0.168. The molecule has 4 heteroatoms. The van der Waals surface area contributed by atoms with E-state index in [1.165, 1.54) is 89.9 Å². The fourth-order valence-electron chi connectivity index (χ4n) is 22.5. The minimum Gasteiger partial charge on any atom is -0.239 e. The fourth-order valence-corrected chi connectivity index (χ4v) is 22.5. The number of allylic oxidation sites excluding steroid dienone is 16. The molecular weight excluding hydrogens is 1040 g/mol. The summed E-state index contributed by atoms with van der Waals surface area (Å²) in [4.78, 5) is 0. The Kier molecular flexibility index (Phi) is 16.2. The van der Waals surface area contributed by atoms with Crippen molar-refractivity contribution in [2.75, 3.05) is 0 Å². The summed E-state index contributed by atoms with van der Waals surface area (Å²) < 4.78 is 53.9. The van der Waals surface area contributed by atoms with Crippen LogP contribution in [0.5, 0.6) is 0 Å². The maximum atomic E-state index is 13.7. The molecule has 10 unspecified atom stereocenters. The van der Waals surface area contributed by atoms with Crippen LogP contribution in [-0.2, 0) is 0 Å². The number of halogens is 4. The summed E-state index contributed by atoms with van der Waals surface area (Å²) in [5.74, 6) is 4.90. The first-order valence-electron chi connectivity index (χ1n) is 34.4. The Balaban J connectivity index is 0.000000116. The lowest BCUT2D eigenvalue weighted by atomic mass is 9.59. The molecule has 0 spiro atoms. The first kappa shape index (κ1) is 66.1. The van der Waals surface area contributed by atoms with E-state index in [9.17, 15) is 17.6 Å². The van der Waals surface area contributed by atoms with Crippen molar-refractivity contribution in [1.29, 1.82) is 0 Å². The minimum atomic E-state index is -1.29. The molecule has 0 aliphatic heterocycles. The van der Waals surface area contributed by atoms with Gasteiger partial charge in [-0.15, -0.1) is 0 Å². The zero-order chi connectivity index (χ0) is 63.1. The predicted molar refractivity (Wildman–Crippen MR) is 352 cm³/mol. The molecule has 0 aromatic carbocycles. The van der Waals surface area contributed by atoms with Gasteiger partial charge in [-0.25, -0.2) is 17.6 Å². The van der Waals surface area contributed by atoms with Crippen molar-refractivity contribution >= 4 is 0 Å². The molecule has 0 N–H and O–H groups in total. The lowest BCUT2D eigenvalue weighted by molar-refractivity contribution is -0.0107. The lowest BCUT2D eigenvalue weighted by Crippen LogP contribution is -2.44. The molecule has 0 aromatic rings. The Bertz CT molecular complexity index is 2730. The van der Waals surface area contributed by atoms with E-state index in [4.69, 9.17) is 0 Å². The average molecular weight is 1160 g/mol. The summed E-state index contributed by atoms with van der Waals surface area (Å²) in [6.07, 6.45) is 21.1. The fraction of sp³-hybridized carbons (Fsp3) is 0.800. The van der Waals surface area contributed by atoms with Crippen LogP contribution < -0.4 is 0 Å². The normalized spacial score (nSPS) is 47.2. The van der Waals surface area contributed by atoms with E-state index < -0.39 is 22.7 Å². The van der Waals surface area contributed by atoms with Gasteiger partial charge >= 0.3 is 0 Å². The highest BCUT2D eigenvalue weighted by atomic mass is 19.2. The molecule has 0 radical (unpaired) electrons. The molecule has 0 amide bonds. The van der Waals surface area contributed by atoms with Gasteiger partial charge in [-0.2, -0.15) is 0 Å². The smallest absolute Gasteiger partial charge is 0.138 e. The van der Waals surface area contributed by atoms with Crippen molar-refractivity contribution in [3.8, 4) is 0 Å². The SMILES string of the molecule is CC1=C(C)C2(C)CC1(C)C2.CC1=C(C)C2(C)CCC1(C)C2.CC1=C(C)C2(C)CCC1(C)C2(C)C.CC1=C(C)C2(C)CCC1C2(C)C.CC1=C(C)C2(F)CC1(F)C2.CC1=C(C)C2(F)CCC1(F)C2.CC1=C(C)C2CC1C2.CC1=C(C)C2CCC1C2. The van der Waals surface area contributed by atoms with Gasteiger partial charge in [0.2, 0.25) is 0 Å². The second-order valence-electron chi connectivity index (χ2n) is 35.5. The molecule has 0 aromatic heterocycles. The highest BCUT2D eigenvalue weighted by Crippen LogP contribution is 2.74. The Morgan fingerprint density at radius 1 is 0.262 bits per heavy atom. The average Bonchev–Trinajstić information content (AvgIpc) is 1.57. The van der Waals surface area contributed by atoms with Gasteiger partial charge in [0.1, 0.15) is 22.7 Å². The van der Waals surface area contributed by atoms with Crippen LogP contribution in [0.15, 0.2) is 89.2 Å². The van der Waals surface area contributed by atoms with Crippen LogP contribution in [0.3, 0.4) is 0 Å². The molecule has 472 valence electrons. The van der Waals surface area contributed by atoms with Crippen molar-refractivity contribution in [3.05, 3.63) is 89.2 Å². The van der Waals surface area contributed by atoms with Gasteiger partial charge in [0.25, 0.3) is 0 Å². The largest absolute Gasteiger partial charge is 0.239 e. The summed E-state index contributed by atoms with van der Waals surface area (Å²) in [6, 6.07) is 0. The molecule has 16 bridgehead atoms.